The number of rotatable bonds is 0. The number of fused-ring (bicyclic) bond motifs is 1. The predicted octanol–water partition coefficient (Wildman–Crippen LogP) is 1.29. The molecule has 0 aliphatic heterocycles. The number of ketones is 1. The van der Waals surface area contributed by atoms with E-state index in [4.69, 9.17) is 5.26 Å². The summed E-state index contributed by atoms with van der Waals surface area (Å²) in [6, 6.07) is 9.05. The molecule has 1 aliphatic rings. The van der Waals surface area contributed by atoms with E-state index in [-0.39, 0.29) is 5.78 Å². The molecule has 1 aliphatic carbocycles. The summed E-state index contributed by atoms with van der Waals surface area (Å²) in [4.78, 5) is 11.2. The maximum atomic E-state index is 11.2. The quantitative estimate of drug-likeness (QED) is 0.566. The summed E-state index contributed by atoms with van der Waals surface area (Å²) in [7, 11) is 0. The molecule has 2 nitrogen and oxygen atoms in total. The molecule has 56 valence electrons. The first-order valence-corrected chi connectivity index (χ1v) is 3.71. The van der Waals surface area contributed by atoms with Gasteiger partial charge >= 0.3 is 0 Å². The van der Waals surface area contributed by atoms with E-state index in [0.717, 1.165) is 5.56 Å². The minimum atomic E-state index is 0.0818. The molecule has 2 rings (SSSR count). The molecule has 1 aromatic carbocycles. The van der Waals surface area contributed by atoms with Gasteiger partial charge in [0.2, 0.25) is 0 Å². The lowest BCUT2D eigenvalue weighted by molar-refractivity contribution is 0.0994. The second kappa shape index (κ2) is 2.36. The van der Waals surface area contributed by atoms with Gasteiger partial charge in [0.15, 0.2) is 5.78 Å². The zero-order valence-corrected chi connectivity index (χ0v) is 6.35. The Bertz CT molecular complexity index is 387. The summed E-state index contributed by atoms with van der Waals surface area (Å²) in [6.07, 6.45) is 1.20. The van der Waals surface area contributed by atoms with Gasteiger partial charge in [-0.05, 0) is 12.0 Å². The first-order valence-electron chi connectivity index (χ1n) is 3.71. The lowest BCUT2D eigenvalue weighted by Crippen LogP contribution is -1.90. The van der Waals surface area contributed by atoms with Crippen LogP contribution in [0.15, 0.2) is 6.07 Å². The van der Waals surface area contributed by atoms with Gasteiger partial charge in [-0.15, -0.1) is 0 Å². The molecule has 12 heavy (non-hydrogen) atoms. The SMILES string of the molecule is N#Cc1cc#cc2c1CCC2=O. The summed E-state index contributed by atoms with van der Waals surface area (Å²) in [5.41, 5.74) is 1.98. The third kappa shape index (κ3) is 0.790. The Balaban J connectivity index is 2.68. The van der Waals surface area contributed by atoms with E-state index in [1.807, 2.05) is 6.07 Å². The minimum Gasteiger partial charge on any atom is -0.293 e. The highest BCUT2D eigenvalue weighted by Crippen LogP contribution is 2.22. The average molecular weight is 155 g/mol. The zero-order valence-electron chi connectivity index (χ0n) is 6.35. The van der Waals surface area contributed by atoms with E-state index in [9.17, 15) is 4.79 Å². The average Bonchev–Trinajstić information content (AvgIpc) is 2.48. The molecular formula is C10H5NO. The van der Waals surface area contributed by atoms with Crippen molar-refractivity contribution in [3.8, 4) is 6.07 Å². The normalized spacial score (nSPS) is 13.4. The van der Waals surface area contributed by atoms with Gasteiger partial charge in [-0.25, -0.2) is 0 Å². The first-order chi connectivity index (χ1) is 5.83. The highest BCUT2D eigenvalue weighted by molar-refractivity contribution is 6.00. The molecule has 0 saturated carbocycles. The number of nitrogens with zero attached hydrogens (tertiary/aromatic N) is 1. The van der Waals surface area contributed by atoms with E-state index < -0.39 is 0 Å². The molecule has 0 bridgehead atoms. The monoisotopic (exact) mass is 155 g/mol. The summed E-state index contributed by atoms with van der Waals surface area (Å²) in [5.74, 6) is 0.0818. The Kier molecular flexibility index (Phi) is 1.35. The van der Waals surface area contributed by atoms with Crippen molar-refractivity contribution >= 4 is 5.78 Å². The predicted molar refractivity (Wildman–Crippen MR) is 41.5 cm³/mol. The van der Waals surface area contributed by atoms with Crippen LogP contribution in [0.3, 0.4) is 0 Å². The Hall–Kier alpha value is -1.80. The molecule has 0 fully saturated rings. The molecule has 0 unspecified atom stereocenters. The highest BCUT2D eigenvalue weighted by Gasteiger charge is 2.21. The van der Waals surface area contributed by atoms with E-state index in [1.54, 1.807) is 6.07 Å². The minimum absolute atomic E-state index is 0.0818. The van der Waals surface area contributed by atoms with E-state index in [2.05, 4.69) is 12.1 Å². The van der Waals surface area contributed by atoms with Crippen LogP contribution in [0.5, 0.6) is 0 Å². The fourth-order valence-corrected chi connectivity index (χ4v) is 1.44. The topological polar surface area (TPSA) is 40.9 Å². The molecule has 0 aromatic heterocycles. The van der Waals surface area contributed by atoms with Crippen molar-refractivity contribution in [2.75, 3.05) is 0 Å². The molecule has 0 heterocycles. The number of nitriles is 1. The van der Waals surface area contributed by atoms with Crippen LogP contribution in [-0.2, 0) is 6.42 Å². The van der Waals surface area contributed by atoms with Gasteiger partial charge in [0.1, 0.15) is 6.07 Å². The van der Waals surface area contributed by atoms with Crippen LogP contribution < -0.4 is 0 Å². The molecule has 0 atom stereocenters. The maximum absolute atomic E-state index is 11.2. The van der Waals surface area contributed by atoms with Crippen LogP contribution in [0.4, 0.5) is 0 Å². The summed E-state index contributed by atoms with van der Waals surface area (Å²) in [5, 5.41) is 8.69. The van der Waals surface area contributed by atoms with Crippen molar-refractivity contribution in [3.63, 3.8) is 0 Å². The Morgan fingerprint density at radius 1 is 1.50 bits per heavy atom. The number of hydrogen-bond donors (Lipinski definition) is 0. The van der Waals surface area contributed by atoms with Crippen LogP contribution in [0.25, 0.3) is 0 Å². The van der Waals surface area contributed by atoms with Gasteiger partial charge in [0.25, 0.3) is 0 Å². The Morgan fingerprint density at radius 3 is 3.08 bits per heavy atom. The first kappa shape index (κ1) is 6.88. The van der Waals surface area contributed by atoms with E-state index in [1.165, 1.54) is 0 Å². The molecule has 0 radical (unpaired) electrons. The molecule has 0 spiro atoms. The van der Waals surface area contributed by atoms with Gasteiger partial charge < -0.3 is 0 Å². The highest BCUT2D eigenvalue weighted by atomic mass is 16.1. The fraction of sp³-hybridized carbons (Fsp3) is 0.200. The summed E-state index contributed by atoms with van der Waals surface area (Å²) < 4.78 is 0. The van der Waals surface area contributed by atoms with Crippen molar-refractivity contribution in [2.45, 2.75) is 12.8 Å². The van der Waals surface area contributed by atoms with Gasteiger partial charge in [0.05, 0.1) is 11.1 Å². The van der Waals surface area contributed by atoms with Crippen molar-refractivity contribution < 1.29 is 4.79 Å². The molecular weight excluding hydrogens is 150 g/mol. The standard InChI is InChI=1S/C10H5NO/c11-6-7-2-1-3-9-8(7)4-5-10(9)12/h2H,4-5H2. The molecule has 0 N–H and O–H groups in total. The van der Waals surface area contributed by atoms with Gasteiger partial charge in [-0.2, -0.15) is 5.26 Å². The van der Waals surface area contributed by atoms with E-state index in [0.29, 0.717) is 24.0 Å². The largest absolute Gasteiger partial charge is 0.293 e. The van der Waals surface area contributed by atoms with Crippen LogP contribution in [-0.4, -0.2) is 5.78 Å². The van der Waals surface area contributed by atoms with E-state index >= 15 is 0 Å². The second-order valence-corrected chi connectivity index (χ2v) is 2.72. The summed E-state index contributed by atoms with van der Waals surface area (Å²) >= 11 is 0. The molecule has 2 heteroatoms. The lowest BCUT2D eigenvalue weighted by Gasteiger charge is -1.93. The Labute approximate surface area is 70.4 Å². The van der Waals surface area contributed by atoms with Crippen LogP contribution >= 0.6 is 0 Å². The third-order valence-electron chi connectivity index (χ3n) is 2.04. The number of carbonyl (C=O) groups is 1. The van der Waals surface area contributed by atoms with Crippen molar-refractivity contribution in [2.24, 2.45) is 0 Å². The summed E-state index contributed by atoms with van der Waals surface area (Å²) in [6.45, 7) is 0. The molecule has 0 amide bonds. The Morgan fingerprint density at radius 2 is 2.33 bits per heavy atom. The molecule has 0 saturated heterocycles. The smallest absolute Gasteiger partial charge is 0.171 e. The maximum Gasteiger partial charge on any atom is 0.171 e. The van der Waals surface area contributed by atoms with Gasteiger partial charge in [-0.1, -0.05) is 12.1 Å². The second-order valence-electron chi connectivity index (χ2n) is 2.72. The van der Waals surface area contributed by atoms with Gasteiger partial charge in [-0.3, -0.25) is 4.79 Å². The number of Topliss-reactive ketones (excluding diaryl/α,β-unsaturated/α-hetero) is 1. The van der Waals surface area contributed by atoms with Crippen molar-refractivity contribution in [1.82, 2.24) is 0 Å². The number of carbonyl (C=O) groups excluding carboxylic acids is 1. The van der Waals surface area contributed by atoms with Crippen molar-refractivity contribution in [1.29, 1.82) is 5.26 Å². The van der Waals surface area contributed by atoms with Crippen LogP contribution in [0.2, 0.25) is 0 Å². The lowest BCUT2D eigenvalue weighted by atomic mass is 10.1. The number of hydrogen-bond acceptors (Lipinski definition) is 2. The third-order valence-corrected chi connectivity index (χ3v) is 2.04. The fourth-order valence-electron chi connectivity index (χ4n) is 1.44. The van der Waals surface area contributed by atoms with Crippen LogP contribution in [0, 0.1) is 23.5 Å². The zero-order chi connectivity index (χ0) is 8.55. The van der Waals surface area contributed by atoms with Crippen molar-refractivity contribution in [3.05, 3.63) is 34.9 Å². The molecule has 1 aromatic rings. The van der Waals surface area contributed by atoms with Crippen LogP contribution in [0.1, 0.15) is 27.9 Å². The van der Waals surface area contributed by atoms with Gasteiger partial charge in [0, 0.05) is 12.5 Å².